The molecule has 36 heavy (non-hydrogen) atoms. The molecule has 2 atom stereocenters. The molecule has 1 heterocycles. The number of benzene rings is 3. The summed E-state index contributed by atoms with van der Waals surface area (Å²) < 4.78 is 2.35. The van der Waals surface area contributed by atoms with Gasteiger partial charge in [-0.05, 0) is 54.4 Å². The van der Waals surface area contributed by atoms with Gasteiger partial charge in [-0.15, -0.1) is 0 Å². The van der Waals surface area contributed by atoms with Crippen LogP contribution in [-0.4, -0.2) is 16.5 Å². The van der Waals surface area contributed by atoms with Crippen LogP contribution in [0.4, 0.5) is 0 Å². The van der Waals surface area contributed by atoms with Crippen molar-refractivity contribution in [1.82, 2.24) is 9.88 Å². The van der Waals surface area contributed by atoms with Crippen LogP contribution in [0, 0.1) is 12.3 Å². The highest BCUT2D eigenvalue weighted by atomic mass is 16.1. The minimum atomic E-state index is 0.0212. The van der Waals surface area contributed by atoms with Gasteiger partial charge in [0.1, 0.15) is 0 Å². The molecule has 1 unspecified atom stereocenters. The van der Waals surface area contributed by atoms with Crippen molar-refractivity contribution in [3.05, 3.63) is 107 Å². The van der Waals surface area contributed by atoms with Gasteiger partial charge in [0, 0.05) is 42.0 Å². The zero-order valence-corrected chi connectivity index (χ0v) is 21.2. The van der Waals surface area contributed by atoms with Crippen molar-refractivity contribution in [2.75, 3.05) is 0 Å². The third-order valence-electron chi connectivity index (χ3n) is 8.60. The first-order valence-electron chi connectivity index (χ1n) is 13.6. The first-order chi connectivity index (χ1) is 17.6. The van der Waals surface area contributed by atoms with E-state index in [0.29, 0.717) is 17.9 Å². The van der Waals surface area contributed by atoms with Crippen LogP contribution in [-0.2, 0) is 11.3 Å². The molecule has 3 aromatic carbocycles. The summed E-state index contributed by atoms with van der Waals surface area (Å²) in [5.74, 6) is 0.210. The summed E-state index contributed by atoms with van der Waals surface area (Å²) in [5.41, 5.74) is 6.59. The van der Waals surface area contributed by atoms with Crippen LogP contribution in [0.5, 0.6) is 0 Å². The summed E-state index contributed by atoms with van der Waals surface area (Å²) in [7, 11) is 0. The normalized spacial score (nSPS) is 19.3. The molecule has 1 N–H and O–H groups in total. The molecule has 1 spiro atoms. The van der Waals surface area contributed by atoms with E-state index in [-0.39, 0.29) is 11.8 Å². The van der Waals surface area contributed by atoms with Gasteiger partial charge in [-0.25, -0.2) is 0 Å². The Kier molecular flexibility index (Phi) is 6.17. The Hall–Kier alpha value is -3.33. The number of carbonyl (C=O) groups is 1. The fourth-order valence-electron chi connectivity index (χ4n) is 6.56. The van der Waals surface area contributed by atoms with Crippen LogP contribution in [0.1, 0.15) is 73.1 Å². The van der Waals surface area contributed by atoms with E-state index in [1.165, 1.54) is 71.7 Å². The molecular weight excluding hydrogens is 440 g/mol. The second-order valence-corrected chi connectivity index (χ2v) is 11.1. The zero-order valence-electron chi connectivity index (χ0n) is 21.2. The molecular formula is C33H36N2O. The molecule has 0 radical (unpaired) electrons. The maximum atomic E-state index is 13.5. The molecule has 3 heteroatoms. The number of para-hydroxylation sites is 1. The number of nitrogens with one attached hydrogen (secondary N) is 1. The van der Waals surface area contributed by atoms with Crippen molar-refractivity contribution in [2.24, 2.45) is 5.41 Å². The number of nitrogens with zero attached hydrogens (tertiary/aromatic N) is 1. The van der Waals surface area contributed by atoms with Crippen LogP contribution < -0.4 is 5.32 Å². The summed E-state index contributed by atoms with van der Waals surface area (Å²) >= 11 is 0. The number of amides is 1. The molecule has 3 nitrogen and oxygen atoms in total. The number of rotatable bonds is 7. The Morgan fingerprint density at radius 1 is 0.972 bits per heavy atom. The van der Waals surface area contributed by atoms with Crippen LogP contribution in [0.15, 0.2) is 85.1 Å². The maximum absolute atomic E-state index is 13.5. The van der Waals surface area contributed by atoms with Gasteiger partial charge in [-0.3, -0.25) is 4.79 Å². The van der Waals surface area contributed by atoms with Crippen molar-refractivity contribution in [1.29, 1.82) is 0 Å². The van der Waals surface area contributed by atoms with E-state index in [2.05, 4.69) is 102 Å². The highest BCUT2D eigenvalue weighted by Crippen LogP contribution is 2.56. The minimum Gasteiger partial charge on any atom is -0.353 e. The molecule has 184 valence electrons. The summed E-state index contributed by atoms with van der Waals surface area (Å²) in [5, 5.41) is 4.69. The highest BCUT2D eigenvalue weighted by Gasteiger charge is 2.54. The SMILES string of the molecule is Cc1cccc(C(CC(=O)N[C@@H]2CC23CCCCC3)c2cn(Cc3ccccc3)c3ccccc23)c1. The average molecular weight is 477 g/mol. The Morgan fingerprint density at radius 2 is 1.75 bits per heavy atom. The summed E-state index contributed by atoms with van der Waals surface area (Å²) in [6, 6.07) is 28.3. The van der Waals surface area contributed by atoms with Gasteiger partial charge in [0.25, 0.3) is 0 Å². The van der Waals surface area contributed by atoms with Crippen LogP contribution in [0.2, 0.25) is 0 Å². The molecule has 0 aliphatic heterocycles. The summed E-state index contributed by atoms with van der Waals surface area (Å²) in [6.45, 7) is 2.95. The topological polar surface area (TPSA) is 34.0 Å². The Morgan fingerprint density at radius 3 is 2.56 bits per heavy atom. The average Bonchev–Trinajstić information content (AvgIpc) is 3.41. The number of hydrogen-bond donors (Lipinski definition) is 1. The third-order valence-corrected chi connectivity index (χ3v) is 8.60. The summed E-state index contributed by atoms with van der Waals surface area (Å²) in [6.07, 6.45) is 10.5. The monoisotopic (exact) mass is 476 g/mol. The van der Waals surface area contributed by atoms with Crippen LogP contribution >= 0.6 is 0 Å². The first-order valence-corrected chi connectivity index (χ1v) is 13.6. The van der Waals surface area contributed by atoms with E-state index >= 15 is 0 Å². The van der Waals surface area contributed by atoms with E-state index < -0.39 is 0 Å². The lowest BCUT2D eigenvalue weighted by atomic mass is 9.85. The predicted octanol–water partition coefficient (Wildman–Crippen LogP) is 7.36. The van der Waals surface area contributed by atoms with Crippen molar-refractivity contribution in [3.63, 3.8) is 0 Å². The van der Waals surface area contributed by atoms with Crippen LogP contribution in [0.25, 0.3) is 10.9 Å². The van der Waals surface area contributed by atoms with E-state index in [9.17, 15) is 4.79 Å². The predicted molar refractivity (Wildman–Crippen MR) is 147 cm³/mol. The number of aromatic nitrogens is 1. The van der Waals surface area contributed by atoms with Gasteiger partial charge in [0.2, 0.25) is 5.91 Å². The van der Waals surface area contributed by atoms with Gasteiger partial charge in [0.15, 0.2) is 0 Å². The van der Waals surface area contributed by atoms with E-state index in [4.69, 9.17) is 0 Å². The second-order valence-electron chi connectivity index (χ2n) is 11.1. The molecule has 4 aromatic rings. The standard InChI is InChI=1S/C33H36N2O/c1-24-11-10-14-26(19-24)28(20-32(36)34-31-21-33(31)17-8-3-9-18-33)29-23-35(22-25-12-4-2-5-13-25)30-16-7-6-15-27(29)30/h2,4-7,10-16,19,23,28,31H,3,8-9,17-18,20-22H2,1H3,(H,34,36)/t28?,31-/m1/s1. The van der Waals surface area contributed by atoms with Crippen LogP contribution in [0.3, 0.4) is 0 Å². The maximum Gasteiger partial charge on any atom is 0.221 e. The summed E-state index contributed by atoms with van der Waals surface area (Å²) in [4.78, 5) is 13.5. The molecule has 2 saturated carbocycles. The quantitative estimate of drug-likeness (QED) is 0.297. The zero-order chi connectivity index (χ0) is 24.5. The van der Waals surface area contributed by atoms with Gasteiger partial charge >= 0.3 is 0 Å². The second kappa shape index (κ2) is 9.61. The van der Waals surface area contributed by atoms with Gasteiger partial charge < -0.3 is 9.88 Å². The molecule has 6 rings (SSSR count). The number of hydrogen-bond acceptors (Lipinski definition) is 1. The van der Waals surface area contributed by atoms with Crippen molar-refractivity contribution in [3.8, 4) is 0 Å². The van der Waals surface area contributed by atoms with Gasteiger partial charge in [-0.2, -0.15) is 0 Å². The largest absolute Gasteiger partial charge is 0.353 e. The molecule has 2 aliphatic carbocycles. The van der Waals surface area contributed by atoms with E-state index in [0.717, 1.165) is 6.54 Å². The molecule has 0 bridgehead atoms. The fourth-order valence-corrected chi connectivity index (χ4v) is 6.56. The molecule has 2 aliphatic rings. The Labute approximate surface area is 214 Å². The van der Waals surface area contributed by atoms with Gasteiger partial charge in [0.05, 0.1) is 0 Å². The molecule has 0 saturated heterocycles. The Balaban J connectivity index is 1.32. The fraction of sp³-hybridized carbons (Fsp3) is 0.364. The van der Waals surface area contributed by atoms with Crippen molar-refractivity contribution in [2.45, 2.75) is 70.4 Å². The molecule has 1 amide bonds. The lowest BCUT2D eigenvalue weighted by Crippen LogP contribution is -2.31. The number of aryl methyl sites for hydroxylation is 1. The molecule has 1 aromatic heterocycles. The first kappa shape index (κ1) is 23.1. The van der Waals surface area contributed by atoms with E-state index in [1.54, 1.807) is 0 Å². The molecule has 2 fully saturated rings. The number of fused-ring (bicyclic) bond motifs is 1. The Bertz CT molecular complexity index is 1360. The lowest BCUT2D eigenvalue weighted by molar-refractivity contribution is -0.121. The number of carbonyl (C=O) groups excluding carboxylic acids is 1. The van der Waals surface area contributed by atoms with Gasteiger partial charge in [-0.1, -0.05) is 97.6 Å². The van der Waals surface area contributed by atoms with E-state index in [1.807, 2.05) is 0 Å². The lowest BCUT2D eigenvalue weighted by Gasteiger charge is -2.23. The minimum absolute atomic E-state index is 0.0212. The smallest absolute Gasteiger partial charge is 0.221 e. The van der Waals surface area contributed by atoms with Crippen molar-refractivity contribution >= 4 is 16.8 Å². The highest BCUT2D eigenvalue weighted by molar-refractivity contribution is 5.87. The van der Waals surface area contributed by atoms with Crippen molar-refractivity contribution < 1.29 is 4.79 Å². The third kappa shape index (κ3) is 4.59.